The molecule has 24 heavy (non-hydrogen) atoms. The van der Waals surface area contributed by atoms with Crippen molar-refractivity contribution in [3.63, 3.8) is 0 Å². The summed E-state index contributed by atoms with van der Waals surface area (Å²) in [6, 6.07) is 0.637. The van der Waals surface area contributed by atoms with Crippen LogP contribution in [0.5, 0.6) is 0 Å². The van der Waals surface area contributed by atoms with Gasteiger partial charge in [-0.05, 0) is 38.8 Å². The van der Waals surface area contributed by atoms with Gasteiger partial charge in [-0.3, -0.25) is 0 Å². The minimum absolute atomic E-state index is 0. The van der Waals surface area contributed by atoms with Crippen molar-refractivity contribution in [2.45, 2.75) is 43.9 Å². The summed E-state index contributed by atoms with van der Waals surface area (Å²) in [5.41, 5.74) is 6.08. The molecular formula is C15H26F3IN4S. The number of halogens is 4. The van der Waals surface area contributed by atoms with Gasteiger partial charge in [0, 0.05) is 30.6 Å². The van der Waals surface area contributed by atoms with E-state index < -0.39 is 12.1 Å². The Labute approximate surface area is 162 Å². The summed E-state index contributed by atoms with van der Waals surface area (Å²) < 4.78 is 38.1. The summed E-state index contributed by atoms with van der Waals surface area (Å²) in [6.45, 7) is 3.04. The van der Waals surface area contributed by atoms with Crippen LogP contribution in [-0.4, -0.2) is 71.7 Å². The van der Waals surface area contributed by atoms with Crippen molar-refractivity contribution in [3.05, 3.63) is 0 Å². The lowest BCUT2D eigenvalue weighted by Crippen LogP contribution is -2.52. The third-order valence-corrected chi connectivity index (χ3v) is 6.19. The summed E-state index contributed by atoms with van der Waals surface area (Å²) in [4.78, 5) is 8.96. The van der Waals surface area contributed by atoms with E-state index in [9.17, 15) is 13.2 Å². The number of likely N-dealkylation sites (tertiary alicyclic amines) is 1. The molecule has 0 aromatic heterocycles. The zero-order valence-electron chi connectivity index (χ0n) is 13.7. The van der Waals surface area contributed by atoms with Gasteiger partial charge in [0.05, 0.1) is 12.0 Å². The van der Waals surface area contributed by atoms with Crippen LogP contribution in [0.15, 0.2) is 4.99 Å². The van der Waals surface area contributed by atoms with Gasteiger partial charge in [0.1, 0.15) is 0 Å². The number of alkyl halides is 3. The van der Waals surface area contributed by atoms with Gasteiger partial charge in [0.2, 0.25) is 0 Å². The summed E-state index contributed by atoms with van der Waals surface area (Å²) >= 11 is 1.94. The highest BCUT2D eigenvalue weighted by Crippen LogP contribution is 2.37. The van der Waals surface area contributed by atoms with E-state index >= 15 is 0 Å². The Kier molecular flexibility index (Phi) is 7.36. The van der Waals surface area contributed by atoms with E-state index in [2.05, 4.69) is 14.8 Å². The van der Waals surface area contributed by atoms with Crippen LogP contribution in [0.4, 0.5) is 13.2 Å². The predicted molar refractivity (Wildman–Crippen MR) is 103 cm³/mol. The molecule has 0 atom stereocenters. The molecule has 2 aliphatic heterocycles. The molecule has 0 unspecified atom stereocenters. The maximum absolute atomic E-state index is 12.7. The number of nitrogens with zero attached hydrogens (tertiary/aromatic N) is 3. The van der Waals surface area contributed by atoms with Crippen LogP contribution in [-0.2, 0) is 0 Å². The Morgan fingerprint density at radius 1 is 1.04 bits per heavy atom. The van der Waals surface area contributed by atoms with Crippen molar-refractivity contribution in [2.75, 3.05) is 37.7 Å². The largest absolute Gasteiger partial charge is 0.391 e. The predicted octanol–water partition coefficient (Wildman–Crippen LogP) is 2.77. The normalized spacial score (nSPS) is 30.6. The molecule has 2 N–H and O–H groups in total. The Morgan fingerprint density at radius 3 is 2.17 bits per heavy atom. The fourth-order valence-electron chi connectivity index (χ4n) is 3.62. The van der Waals surface area contributed by atoms with E-state index in [4.69, 9.17) is 5.73 Å². The Bertz CT molecular complexity index is 429. The molecule has 3 fully saturated rings. The topological polar surface area (TPSA) is 44.9 Å². The molecule has 2 saturated heterocycles. The molecule has 0 spiro atoms. The summed E-state index contributed by atoms with van der Waals surface area (Å²) in [7, 11) is 0. The number of hydrogen-bond donors (Lipinski definition) is 1. The van der Waals surface area contributed by atoms with Crippen molar-refractivity contribution in [1.29, 1.82) is 0 Å². The zero-order chi connectivity index (χ0) is 16.4. The quantitative estimate of drug-likeness (QED) is 0.377. The minimum atomic E-state index is -4.03. The molecule has 0 aromatic carbocycles. The average Bonchev–Trinajstić information content (AvgIpc) is 2.50. The standard InChI is InChI=1S/C15H25F3N4S.HI/c16-15(17,18)11-1-3-21(4-2-11)13-9-12(10-13)20-14(19)22-5-7-23-8-6-22;/h11-13H,1-10H2,(H2,19,20);1H. The summed E-state index contributed by atoms with van der Waals surface area (Å²) in [5, 5.41) is 0. The second kappa shape index (κ2) is 8.66. The SMILES string of the molecule is I.NC(=NC1CC(N2CCC(C(F)(F)F)CC2)C1)N1CCSCC1. The lowest BCUT2D eigenvalue weighted by atomic mass is 9.83. The van der Waals surface area contributed by atoms with Crippen LogP contribution in [0.3, 0.4) is 0 Å². The highest BCUT2D eigenvalue weighted by Gasteiger charge is 2.43. The van der Waals surface area contributed by atoms with E-state index in [1.807, 2.05) is 11.8 Å². The van der Waals surface area contributed by atoms with Crippen LogP contribution >= 0.6 is 35.7 Å². The maximum Gasteiger partial charge on any atom is 0.391 e. The maximum atomic E-state index is 12.7. The third kappa shape index (κ3) is 5.06. The second-order valence-corrected chi connectivity index (χ2v) is 7.94. The Hall–Kier alpha value is 0.100. The van der Waals surface area contributed by atoms with Crippen molar-refractivity contribution in [2.24, 2.45) is 16.6 Å². The molecule has 3 rings (SSSR count). The van der Waals surface area contributed by atoms with Gasteiger partial charge >= 0.3 is 6.18 Å². The smallest absolute Gasteiger partial charge is 0.370 e. The van der Waals surface area contributed by atoms with Crippen LogP contribution < -0.4 is 5.73 Å². The van der Waals surface area contributed by atoms with E-state index in [1.54, 1.807) is 0 Å². The first-order valence-corrected chi connectivity index (χ1v) is 9.55. The molecule has 140 valence electrons. The van der Waals surface area contributed by atoms with Gasteiger partial charge in [-0.2, -0.15) is 24.9 Å². The van der Waals surface area contributed by atoms with E-state index in [0.717, 1.165) is 37.4 Å². The van der Waals surface area contributed by atoms with Gasteiger partial charge < -0.3 is 15.5 Å². The average molecular weight is 478 g/mol. The molecule has 0 bridgehead atoms. The van der Waals surface area contributed by atoms with Crippen molar-refractivity contribution in [3.8, 4) is 0 Å². The Balaban J connectivity index is 0.00000208. The molecule has 0 radical (unpaired) electrons. The van der Waals surface area contributed by atoms with Crippen molar-refractivity contribution >= 4 is 41.7 Å². The number of rotatable bonds is 2. The van der Waals surface area contributed by atoms with E-state index in [0.29, 0.717) is 25.1 Å². The molecule has 0 amide bonds. The highest BCUT2D eigenvalue weighted by atomic mass is 127. The number of nitrogens with two attached hydrogens (primary N) is 1. The molecule has 9 heteroatoms. The Morgan fingerprint density at radius 2 is 1.62 bits per heavy atom. The molecular weight excluding hydrogens is 452 g/mol. The van der Waals surface area contributed by atoms with Gasteiger partial charge in [0.25, 0.3) is 0 Å². The fourth-order valence-corrected chi connectivity index (χ4v) is 4.52. The van der Waals surface area contributed by atoms with Crippen LogP contribution in [0.25, 0.3) is 0 Å². The van der Waals surface area contributed by atoms with Crippen LogP contribution in [0, 0.1) is 5.92 Å². The lowest BCUT2D eigenvalue weighted by molar-refractivity contribution is -0.187. The van der Waals surface area contributed by atoms with Crippen LogP contribution in [0.2, 0.25) is 0 Å². The minimum Gasteiger partial charge on any atom is -0.370 e. The third-order valence-electron chi connectivity index (χ3n) is 5.25. The number of thioether (sulfide) groups is 1. The van der Waals surface area contributed by atoms with Gasteiger partial charge in [0.15, 0.2) is 5.96 Å². The first kappa shape index (κ1) is 20.4. The molecule has 1 aliphatic carbocycles. The second-order valence-electron chi connectivity index (χ2n) is 6.72. The lowest BCUT2D eigenvalue weighted by Gasteiger charge is -2.45. The summed E-state index contributed by atoms with van der Waals surface area (Å²) in [6.07, 6.45) is -1.69. The van der Waals surface area contributed by atoms with E-state index in [-0.39, 0.29) is 42.9 Å². The van der Waals surface area contributed by atoms with E-state index in [1.165, 1.54) is 0 Å². The molecule has 2 heterocycles. The number of hydrogen-bond acceptors (Lipinski definition) is 3. The molecule has 1 saturated carbocycles. The first-order chi connectivity index (χ1) is 10.9. The number of aliphatic imine (C=N–C) groups is 1. The molecule has 0 aromatic rings. The monoisotopic (exact) mass is 478 g/mol. The van der Waals surface area contributed by atoms with Gasteiger partial charge in [-0.1, -0.05) is 0 Å². The van der Waals surface area contributed by atoms with Crippen molar-refractivity contribution < 1.29 is 13.2 Å². The van der Waals surface area contributed by atoms with Gasteiger partial charge in [-0.15, -0.1) is 24.0 Å². The highest BCUT2D eigenvalue weighted by molar-refractivity contribution is 14.0. The van der Waals surface area contributed by atoms with Gasteiger partial charge in [-0.25, -0.2) is 4.99 Å². The summed E-state index contributed by atoms with van der Waals surface area (Å²) in [5.74, 6) is 1.72. The first-order valence-electron chi connectivity index (χ1n) is 8.40. The molecule has 3 aliphatic rings. The molecule has 4 nitrogen and oxygen atoms in total. The van der Waals surface area contributed by atoms with Crippen LogP contribution in [0.1, 0.15) is 25.7 Å². The number of guanidine groups is 1. The zero-order valence-corrected chi connectivity index (χ0v) is 16.8. The van der Waals surface area contributed by atoms with Crippen molar-refractivity contribution in [1.82, 2.24) is 9.80 Å². The number of piperidine rings is 1. The fraction of sp³-hybridized carbons (Fsp3) is 0.933.